The van der Waals surface area contributed by atoms with Gasteiger partial charge in [-0.25, -0.2) is 0 Å². The fourth-order valence-corrected chi connectivity index (χ4v) is 5.26. The third-order valence-electron chi connectivity index (χ3n) is 5.13. The molecule has 0 radical (unpaired) electrons. The zero-order chi connectivity index (χ0) is 18.5. The maximum absolute atomic E-state index is 12.6. The van der Waals surface area contributed by atoms with E-state index in [2.05, 4.69) is 22.1 Å². The molecule has 2 N–H and O–H groups in total. The largest absolute Gasteiger partial charge is 0.506 e. The Hall–Kier alpha value is -2.63. The molecule has 0 amide bonds. The minimum Gasteiger partial charge on any atom is -0.506 e. The van der Waals surface area contributed by atoms with Gasteiger partial charge in [0.05, 0.1) is 10.9 Å². The summed E-state index contributed by atoms with van der Waals surface area (Å²) in [6, 6.07) is 9.84. The fourth-order valence-electron chi connectivity index (χ4n) is 3.88. The molecule has 0 unspecified atom stereocenters. The molecule has 0 bridgehead atoms. The Balaban J connectivity index is 1.81. The predicted octanol–water partition coefficient (Wildman–Crippen LogP) is 5.17. The van der Waals surface area contributed by atoms with Crippen molar-refractivity contribution in [3.8, 4) is 28.0 Å². The number of benzene rings is 1. The summed E-state index contributed by atoms with van der Waals surface area (Å²) in [6.07, 6.45) is 6.54. The molecule has 0 saturated heterocycles. The molecular weight excluding hydrogens is 380 g/mol. The molecule has 1 aliphatic rings. The Morgan fingerprint density at radius 2 is 1.96 bits per heavy atom. The number of aromatic hydroxyl groups is 1. The average Bonchev–Trinajstić information content (AvgIpc) is 3.25. The van der Waals surface area contributed by atoms with Crippen LogP contribution in [0.25, 0.3) is 32.5 Å². The van der Waals surface area contributed by atoms with Crippen LogP contribution in [0.3, 0.4) is 0 Å². The van der Waals surface area contributed by atoms with Gasteiger partial charge in [-0.3, -0.25) is 9.78 Å². The van der Waals surface area contributed by atoms with Crippen LogP contribution in [-0.2, 0) is 12.8 Å². The van der Waals surface area contributed by atoms with Crippen LogP contribution in [-0.4, -0.2) is 15.1 Å². The van der Waals surface area contributed by atoms with Gasteiger partial charge in [-0.2, -0.15) is 0 Å². The molecule has 4 aromatic rings. The van der Waals surface area contributed by atoms with Gasteiger partial charge in [0, 0.05) is 23.5 Å². The van der Waals surface area contributed by atoms with Crippen molar-refractivity contribution < 1.29 is 5.11 Å². The fraction of sp³-hybridized carbons (Fsp3) is 0.143. The van der Waals surface area contributed by atoms with Crippen molar-refractivity contribution in [2.75, 3.05) is 0 Å². The molecule has 0 saturated carbocycles. The smallest absolute Gasteiger partial charge is 0.260 e. The van der Waals surface area contributed by atoms with E-state index in [9.17, 15) is 9.90 Å². The van der Waals surface area contributed by atoms with E-state index in [4.69, 9.17) is 11.6 Å². The topological polar surface area (TPSA) is 66.0 Å². The standard InChI is InChI=1S/C21H15ClN2O2S/c22-19-15(13-7-6-11-3-1-4-12(11)9-13)17-18(25)16(14-5-2-8-23-10-14)20(26)24-21(17)27-19/h2,5-10H,1,3-4H2,(H2,24,25,26). The maximum atomic E-state index is 12.6. The van der Waals surface area contributed by atoms with Gasteiger partial charge in [0.1, 0.15) is 14.9 Å². The summed E-state index contributed by atoms with van der Waals surface area (Å²) in [5, 5.41) is 11.6. The Morgan fingerprint density at radius 1 is 1.11 bits per heavy atom. The highest BCUT2D eigenvalue weighted by Gasteiger charge is 2.23. The van der Waals surface area contributed by atoms with Gasteiger partial charge in [0.15, 0.2) is 0 Å². The van der Waals surface area contributed by atoms with Crippen molar-refractivity contribution in [1.29, 1.82) is 0 Å². The van der Waals surface area contributed by atoms with Crippen LogP contribution in [0, 0.1) is 0 Å². The molecule has 6 heteroatoms. The van der Waals surface area contributed by atoms with Crippen LogP contribution < -0.4 is 5.56 Å². The number of thiophene rings is 1. The predicted molar refractivity (Wildman–Crippen MR) is 110 cm³/mol. The summed E-state index contributed by atoms with van der Waals surface area (Å²) in [5.74, 6) is -0.0552. The van der Waals surface area contributed by atoms with Crippen LogP contribution in [0.2, 0.25) is 4.34 Å². The molecule has 1 aromatic carbocycles. The number of rotatable bonds is 2. The number of aromatic nitrogens is 2. The summed E-state index contributed by atoms with van der Waals surface area (Å²) >= 11 is 7.82. The molecule has 134 valence electrons. The van der Waals surface area contributed by atoms with Crippen molar-refractivity contribution in [2.45, 2.75) is 19.3 Å². The summed E-state index contributed by atoms with van der Waals surface area (Å²) in [7, 11) is 0. The maximum Gasteiger partial charge on any atom is 0.260 e. The highest BCUT2D eigenvalue weighted by Crippen LogP contribution is 2.47. The number of hydrogen-bond donors (Lipinski definition) is 2. The molecule has 1 aliphatic carbocycles. The van der Waals surface area contributed by atoms with Gasteiger partial charge in [-0.15, -0.1) is 11.3 Å². The Bertz CT molecular complexity index is 1240. The van der Waals surface area contributed by atoms with E-state index in [0.29, 0.717) is 20.1 Å². The molecule has 0 atom stereocenters. The number of fused-ring (bicyclic) bond motifs is 2. The third-order valence-corrected chi connectivity index (χ3v) is 6.44. The van der Waals surface area contributed by atoms with Gasteiger partial charge >= 0.3 is 0 Å². The number of nitrogens with zero attached hydrogens (tertiary/aromatic N) is 1. The molecular formula is C21H15ClN2O2S. The summed E-state index contributed by atoms with van der Waals surface area (Å²) in [6.45, 7) is 0. The summed E-state index contributed by atoms with van der Waals surface area (Å²) in [4.78, 5) is 20.1. The van der Waals surface area contributed by atoms with E-state index in [1.807, 2.05) is 6.07 Å². The second-order valence-electron chi connectivity index (χ2n) is 6.71. The minimum absolute atomic E-state index is 0.0552. The molecule has 3 heterocycles. The zero-order valence-corrected chi connectivity index (χ0v) is 15.8. The lowest BCUT2D eigenvalue weighted by molar-refractivity contribution is 0.483. The van der Waals surface area contributed by atoms with E-state index >= 15 is 0 Å². The number of aryl methyl sites for hydroxylation is 2. The number of hydrogen-bond acceptors (Lipinski definition) is 4. The van der Waals surface area contributed by atoms with E-state index in [1.165, 1.54) is 28.9 Å². The van der Waals surface area contributed by atoms with E-state index in [0.717, 1.165) is 24.0 Å². The van der Waals surface area contributed by atoms with Crippen molar-refractivity contribution in [1.82, 2.24) is 9.97 Å². The second-order valence-corrected chi connectivity index (χ2v) is 8.33. The number of halogens is 1. The van der Waals surface area contributed by atoms with Crippen LogP contribution in [0.5, 0.6) is 5.75 Å². The molecule has 3 aromatic heterocycles. The first-order valence-corrected chi connectivity index (χ1v) is 9.92. The van der Waals surface area contributed by atoms with E-state index in [-0.39, 0.29) is 16.9 Å². The molecule has 0 aliphatic heterocycles. The van der Waals surface area contributed by atoms with Gasteiger partial charge in [-0.05, 0) is 42.0 Å². The van der Waals surface area contributed by atoms with E-state index < -0.39 is 0 Å². The molecule has 5 rings (SSSR count). The van der Waals surface area contributed by atoms with E-state index in [1.54, 1.807) is 24.5 Å². The van der Waals surface area contributed by atoms with Crippen molar-refractivity contribution in [3.05, 3.63) is 68.5 Å². The van der Waals surface area contributed by atoms with Crippen molar-refractivity contribution in [3.63, 3.8) is 0 Å². The SMILES string of the molecule is O=c1[nH]c2sc(Cl)c(-c3ccc4c(c3)CCC4)c2c(O)c1-c1cccnc1. The van der Waals surface area contributed by atoms with Gasteiger partial charge in [0.2, 0.25) is 0 Å². The zero-order valence-electron chi connectivity index (χ0n) is 14.3. The first-order valence-electron chi connectivity index (χ1n) is 8.73. The lowest BCUT2D eigenvalue weighted by Gasteiger charge is -2.09. The Morgan fingerprint density at radius 3 is 2.78 bits per heavy atom. The summed E-state index contributed by atoms with van der Waals surface area (Å²) < 4.78 is 0.553. The highest BCUT2D eigenvalue weighted by molar-refractivity contribution is 7.23. The lowest BCUT2D eigenvalue weighted by Crippen LogP contribution is -2.08. The van der Waals surface area contributed by atoms with Gasteiger partial charge < -0.3 is 10.1 Å². The Kier molecular flexibility index (Phi) is 3.81. The average molecular weight is 395 g/mol. The quantitative estimate of drug-likeness (QED) is 0.493. The number of aromatic amines is 1. The van der Waals surface area contributed by atoms with Crippen LogP contribution in [0.1, 0.15) is 17.5 Å². The first-order chi connectivity index (χ1) is 13.1. The molecule has 27 heavy (non-hydrogen) atoms. The van der Waals surface area contributed by atoms with Crippen LogP contribution >= 0.6 is 22.9 Å². The number of H-pyrrole nitrogens is 1. The van der Waals surface area contributed by atoms with Crippen LogP contribution in [0.4, 0.5) is 0 Å². The Labute approximate surface area is 164 Å². The van der Waals surface area contributed by atoms with Gasteiger partial charge in [0.25, 0.3) is 5.56 Å². The number of pyridine rings is 2. The van der Waals surface area contributed by atoms with Crippen molar-refractivity contribution in [2.24, 2.45) is 0 Å². The van der Waals surface area contributed by atoms with Crippen molar-refractivity contribution >= 4 is 33.2 Å². The third kappa shape index (κ3) is 2.58. The first kappa shape index (κ1) is 16.5. The van der Waals surface area contributed by atoms with Crippen LogP contribution in [0.15, 0.2) is 47.5 Å². The monoisotopic (exact) mass is 394 g/mol. The molecule has 0 spiro atoms. The minimum atomic E-state index is -0.355. The highest BCUT2D eigenvalue weighted by atomic mass is 35.5. The molecule has 4 nitrogen and oxygen atoms in total. The van der Waals surface area contributed by atoms with Gasteiger partial charge in [-0.1, -0.05) is 35.9 Å². The second kappa shape index (κ2) is 6.22. The molecule has 0 fully saturated rings. The lowest BCUT2D eigenvalue weighted by atomic mass is 9.98. The number of nitrogens with one attached hydrogen (secondary N) is 1. The summed E-state index contributed by atoms with van der Waals surface area (Å²) in [5.41, 5.74) is 4.87. The normalized spacial score (nSPS) is 13.2.